The SMILES string of the molecule is CC(C)CCCCCCCCCCOC(=O)CC(O)(CC(=O)OCCCCCCCCCCC(C)C)C(=O)O. The van der Waals surface area contributed by atoms with Crippen molar-refractivity contribution in [3.8, 4) is 0 Å². The molecule has 0 aromatic rings. The molecule has 0 heterocycles. The molecule has 0 amide bonds. The van der Waals surface area contributed by atoms with E-state index in [4.69, 9.17) is 9.47 Å². The first-order chi connectivity index (χ1) is 18.6. The number of unbranched alkanes of at least 4 members (excludes halogenated alkanes) is 14. The van der Waals surface area contributed by atoms with Gasteiger partial charge in [0.25, 0.3) is 0 Å². The maximum atomic E-state index is 12.1. The molecule has 0 aliphatic rings. The van der Waals surface area contributed by atoms with Crippen LogP contribution in [0.3, 0.4) is 0 Å². The van der Waals surface area contributed by atoms with Crippen LogP contribution in [0.4, 0.5) is 0 Å². The zero-order chi connectivity index (χ0) is 29.4. The first-order valence-electron chi connectivity index (χ1n) is 15.8. The van der Waals surface area contributed by atoms with E-state index in [1.807, 2.05) is 0 Å². The van der Waals surface area contributed by atoms with Crippen LogP contribution in [-0.2, 0) is 23.9 Å². The molecule has 0 saturated heterocycles. The Bertz CT molecular complexity index is 586. The van der Waals surface area contributed by atoms with Gasteiger partial charge in [-0.1, -0.05) is 130 Å². The molecule has 0 aromatic heterocycles. The van der Waals surface area contributed by atoms with E-state index in [2.05, 4.69) is 27.7 Å². The van der Waals surface area contributed by atoms with Crippen molar-refractivity contribution in [2.45, 2.75) is 162 Å². The monoisotopic (exact) mass is 556 g/mol. The highest BCUT2D eigenvalue weighted by Crippen LogP contribution is 2.19. The zero-order valence-electron chi connectivity index (χ0n) is 25.6. The number of ether oxygens (including phenoxy) is 2. The molecule has 0 aromatic carbocycles. The lowest BCUT2D eigenvalue weighted by Gasteiger charge is -2.21. The fourth-order valence-corrected chi connectivity index (χ4v) is 4.60. The molecule has 0 unspecified atom stereocenters. The molecule has 0 rings (SSSR count). The minimum Gasteiger partial charge on any atom is -0.479 e. The van der Waals surface area contributed by atoms with Crippen molar-refractivity contribution in [3.05, 3.63) is 0 Å². The molecular formula is C32H60O7. The van der Waals surface area contributed by atoms with E-state index in [9.17, 15) is 24.6 Å². The van der Waals surface area contributed by atoms with Crippen LogP contribution in [0.1, 0.15) is 156 Å². The molecule has 0 saturated carbocycles. The number of hydrogen-bond acceptors (Lipinski definition) is 6. The summed E-state index contributed by atoms with van der Waals surface area (Å²) in [6, 6.07) is 0. The van der Waals surface area contributed by atoms with Gasteiger partial charge >= 0.3 is 17.9 Å². The molecule has 7 heteroatoms. The van der Waals surface area contributed by atoms with Crippen LogP contribution in [0.15, 0.2) is 0 Å². The van der Waals surface area contributed by atoms with E-state index in [0.29, 0.717) is 12.8 Å². The van der Waals surface area contributed by atoms with Crippen molar-refractivity contribution in [2.24, 2.45) is 11.8 Å². The third-order valence-corrected chi connectivity index (χ3v) is 7.15. The fraction of sp³-hybridized carbons (Fsp3) is 0.906. The summed E-state index contributed by atoms with van der Waals surface area (Å²) in [5, 5.41) is 19.8. The topological polar surface area (TPSA) is 110 Å². The largest absolute Gasteiger partial charge is 0.479 e. The maximum absolute atomic E-state index is 12.1. The van der Waals surface area contributed by atoms with E-state index in [1.165, 1.54) is 64.2 Å². The van der Waals surface area contributed by atoms with E-state index in [0.717, 1.165) is 50.4 Å². The Hall–Kier alpha value is -1.63. The van der Waals surface area contributed by atoms with Crippen LogP contribution in [-0.4, -0.2) is 46.9 Å². The highest BCUT2D eigenvalue weighted by Gasteiger charge is 2.42. The second kappa shape index (κ2) is 24.2. The molecule has 2 N–H and O–H groups in total. The van der Waals surface area contributed by atoms with Crippen molar-refractivity contribution in [1.29, 1.82) is 0 Å². The first kappa shape index (κ1) is 37.4. The van der Waals surface area contributed by atoms with Gasteiger partial charge in [-0.2, -0.15) is 0 Å². The van der Waals surface area contributed by atoms with Gasteiger partial charge in [-0.05, 0) is 24.7 Å². The summed E-state index contributed by atoms with van der Waals surface area (Å²) < 4.78 is 10.2. The number of carboxylic acids is 1. The average molecular weight is 557 g/mol. The van der Waals surface area contributed by atoms with Crippen molar-refractivity contribution >= 4 is 17.9 Å². The molecule has 0 aliphatic carbocycles. The van der Waals surface area contributed by atoms with Crippen molar-refractivity contribution in [2.75, 3.05) is 13.2 Å². The molecule has 0 fully saturated rings. The molecule has 0 atom stereocenters. The minimum atomic E-state index is -2.51. The number of aliphatic hydroxyl groups is 1. The van der Waals surface area contributed by atoms with E-state index in [-0.39, 0.29) is 13.2 Å². The lowest BCUT2D eigenvalue weighted by atomic mass is 9.96. The molecule has 0 aliphatic heterocycles. The third-order valence-electron chi connectivity index (χ3n) is 7.15. The van der Waals surface area contributed by atoms with Gasteiger partial charge in [0.1, 0.15) is 0 Å². The van der Waals surface area contributed by atoms with E-state index in [1.54, 1.807) is 0 Å². The van der Waals surface area contributed by atoms with Gasteiger partial charge in [-0.15, -0.1) is 0 Å². The summed E-state index contributed by atoms with van der Waals surface area (Å²) in [5.41, 5.74) is -2.51. The fourth-order valence-electron chi connectivity index (χ4n) is 4.60. The second-order valence-electron chi connectivity index (χ2n) is 12.2. The molecule has 230 valence electrons. The summed E-state index contributed by atoms with van der Waals surface area (Å²) in [6.07, 6.45) is 18.9. The van der Waals surface area contributed by atoms with E-state index >= 15 is 0 Å². The number of aliphatic carboxylic acids is 1. The predicted octanol–water partition coefficient (Wildman–Crippen LogP) is 8.00. The predicted molar refractivity (Wildman–Crippen MR) is 157 cm³/mol. The Kier molecular flexibility index (Phi) is 23.2. The quantitative estimate of drug-likeness (QED) is 0.0779. The van der Waals surface area contributed by atoms with Gasteiger partial charge in [-0.3, -0.25) is 9.59 Å². The maximum Gasteiger partial charge on any atom is 0.336 e. The summed E-state index contributed by atoms with van der Waals surface area (Å²) in [5.74, 6) is -1.71. The highest BCUT2D eigenvalue weighted by atomic mass is 16.5. The van der Waals surface area contributed by atoms with Crippen LogP contribution in [0.25, 0.3) is 0 Å². The summed E-state index contributed by atoms with van der Waals surface area (Å²) in [4.78, 5) is 35.8. The average Bonchev–Trinajstić information content (AvgIpc) is 2.85. The normalized spacial score (nSPS) is 11.8. The summed E-state index contributed by atoms with van der Waals surface area (Å²) in [7, 11) is 0. The number of hydrogen-bond donors (Lipinski definition) is 2. The molecule has 39 heavy (non-hydrogen) atoms. The van der Waals surface area contributed by atoms with Crippen LogP contribution in [0.2, 0.25) is 0 Å². The molecule has 0 bridgehead atoms. The Balaban J connectivity index is 3.90. The lowest BCUT2D eigenvalue weighted by Crippen LogP contribution is -2.43. The van der Waals surface area contributed by atoms with Crippen LogP contribution >= 0.6 is 0 Å². The molecule has 0 spiro atoms. The minimum absolute atomic E-state index is 0.186. The highest BCUT2D eigenvalue weighted by molar-refractivity contribution is 5.89. The Morgan fingerprint density at radius 2 is 0.821 bits per heavy atom. The molecular weight excluding hydrogens is 496 g/mol. The van der Waals surface area contributed by atoms with Crippen LogP contribution in [0, 0.1) is 11.8 Å². The Labute approximate surface area is 238 Å². The zero-order valence-corrected chi connectivity index (χ0v) is 25.6. The van der Waals surface area contributed by atoms with Crippen LogP contribution in [0.5, 0.6) is 0 Å². The molecule has 0 radical (unpaired) electrons. The van der Waals surface area contributed by atoms with Crippen molar-refractivity contribution in [1.82, 2.24) is 0 Å². The number of esters is 2. The van der Waals surface area contributed by atoms with Crippen LogP contribution < -0.4 is 0 Å². The Morgan fingerprint density at radius 1 is 0.538 bits per heavy atom. The van der Waals surface area contributed by atoms with Gasteiger partial charge in [0.15, 0.2) is 5.60 Å². The Morgan fingerprint density at radius 3 is 1.10 bits per heavy atom. The summed E-state index contributed by atoms with van der Waals surface area (Å²) >= 11 is 0. The second-order valence-corrected chi connectivity index (χ2v) is 12.2. The smallest absolute Gasteiger partial charge is 0.336 e. The number of carbonyl (C=O) groups excluding carboxylic acids is 2. The van der Waals surface area contributed by atoms with Gasteiger partial charge in [-0.25, -0.2) is 4.79 Å². The summed E-state index contributed by atoms with van der Waals surface area (Å²) in [6.45, 7) is 9.39. The third kappa shape index (κ3) is 23.9. The molecule has 7 nitrogen and oxygen atoms in total. The number of carboxylic acid groups (broad SMARTS) is 1. The first-order valence-corrected chi connectivity index (χ1v) is 15.8. The van der Waals surface area contributed by atoms with Gasteiger partial charge in [0.2, 0.25) is 0 Å². The lowest BCUT2D eigenvalue weighted by molar-refractivity contribution is -0.173. The van der Waals surface area contributed by atoms with Crippen molar-refractivity contribution in [3.63, 3.8) is 0 Å². The van der Waals surface area contributed by atoms with Crippen molar-refractivity contribution < 1.29 is 34.1 Å². The number of carbonyl (C=O) groups is 3. The van der Waals surface area contributed by atoms with E-state index < -0.39 is 36.4 Å². The van der Waals surface area contributed by atoms with Gasteiger partial charge in [0.05, 0.1) is 26.1 Å². The van der Waals surface area contributed by atoms with Gasteiger partial charge in [0, 0.05) is 0 Å². The van der Waals surface area contributed by atoms with Gasteiger partial charge < -0.3 is 19.7 Å². The standard InChI is InChI=1S/C32H60O7/c1-27(2)21-17-13-9-5-7-11-15-19-23-38-29(33)25-32(37,31(35)36)26-30(34)39-24-20-16-12-8-6-10-14-18-22-28(3)4/h27-28,37H,5-26H2,1-4H3,(H,35,36). The number of rotatable bonds is 27.